The van der Waals surface area contributed by atoms with Crippen molar-refractivity contribution >= 4 is 21.6 Å². The smallest absolute Gasteiger partial charge is 0.295 e. The second-order valence-electron chi connectivity index (χ2n) is 7.74. The molecule has 1 amide bonds. The Kier molecular flexibility index (Phi) is 7.68. The summed E-state index contributed by atoms with van der Waals surface area (Å²) in [7, 11) is -3.75. The fourth-order valence-electron chi connectivity index (χ4n) is 3.33. The monoisotopic (exact) mass is 489 g/mol. The number of nitrogens with zero attached hydrogens (tertiary/aromatic N) is 4. The fraction of sp³-hybridized carbons (Fsp3) is 0.348. The van der Waals surface area contributed by atoms with Gasteiger partial charge in [0.2, 0.25) is 15.8 Å². The minimum Gasteiger partial charge on any atom is -0.489 e. The number of amides is 1. The first kappa shape index (κ1) is 25.3. The predicted molar refractivity (Wildman–Crippen MR) is 126 cm³/mol. The van der Waals surface area contributed by atoms with Crippen molar-refractivity contribution in [1.29, 1.82) is 0 Å². The lowest BCUT2D eigenvalue weighted by Crippen LogP contribution is -2.30. The number of hydrogen-bond donors (Lipinski definition) is 1. The third-order valence-electron chi connectivity index (χ3n) is 4.95. The molecular weight excluding hydrogens is 461 g/mol. The zero-order valence-electron chi connectivity index (χ0n) is 19.7. The second-order valence-corrected chi connectivity index (χ2v) is 9.68. The number of benzene rings is 2. The molecule has 0 aliphatic rings. The van der Waals surface area contributed by atoms with Gasteiger partial charge in [-0.2, -0.15) is 4.31 Å². The number of carbonyl (C=O) groups is 1. The summed E-state index contributed by atoms with van der Waals surface area (Å²) >= 11 is 0. The van der Waals surface area contributed by atoms with Crippen molar-refractivity contribution in [3.63, 3.8) is 0 Å². The van der Waals surface area contributed by atoms with Crippen LogP contribution < -0.4 is 10.1 Å². The number of carbonyl (C=O) groups excluding carboxylic acids is 1. The summed E-state index contributed by atoms with van der Waals surface area (Å²) < 4.78 is 47.7. The number of aryl methyl sites for hydroxylation is 1. The number of anilines is 1. The maximum Gasteiger partial charge on any atom is 0.295 e. The number of aromatic nitrogens is 3. The van der Waals surface area contributed by atoms with Gasteiger partial charge in [-0.05, 0) is 63.2 Å². The highest BCUT2D eigenvalue weighted by atomic mass is 32.2. The van der Waals surface area contributed by atoms with Gasteiger partial charge in [0, 0.05) is 13.1 Å². The lowest BCUT2D eigenvalue weighted by atomic mass is 10.2. The average molecular weight is 490 g/mol. The average Bonchev–Trinajstić information content (AvgIpc) is 3.17. The van der Waals surface area contributed by atoms with E-state index in [0.717, 1.165) is 0 Å². The van der Waals surface area contributed by atoms with Crippen LogP contribution in [-0.4, -0.2) is 52.6 Å². The van der Waals surface area contributed by atoms with Crippen molar-refractivity contribution in [2.75, 3.05) is 18.4 Å². The summed E-state index contributed by atoms with van der Waals surface area (Å²) in [6.45, 7) is 9.45. The van der Waals surface area contributed by atoms with Crippen LogP contribution in [0.1, 0.15) is 44.1 Å². The van der Waals surface area contributed by atoms with Gasteiger partial charge in [-0.15, -0.1) is 5.10 Å². The summed E-state index contributed by atoms with van der Waals surface area (Å²) in [4.78, 5) is 17.2. The summed E-state index contributed by atoms with van der Waals surface area (Å²) in [6, 6.07) is 9.95. The van der Waals surface area contributed by atoms with Crippen LogP contribution in [0.4, 0.5) is 10.1 Å². The Labute approximate surface area is 198 Å². The lowest BCUT2D eigenvalue weighted by molar-refractivity contribution is 0.101. The highest BCUT2D eigenvalue weighted by Gasteiger charge is 2.24. The first-order chi connectivity index (χ1) is 16.1. The maximum absolute atomic E-state index is 13.3. The van der Waals surface area contributed by atoms with Crippen molar-refractivity contribution in [1.82, 2.24) is 19.1 Å². The summed E-state index contributed by atoms with van der Waals surface area (Å²) in [6.07, 6.45) is -0.209. The molecule has 0 atom stereocenters. The molecule has 0 bridgehead atoms. The van der Waals surface area contributed by atoms with Crippen molar-refractivity contribution < 1.29 is 22.3 Å². The van der Waals surface area contributed by atoms with Gasteiger partial charge in [-0.1, -0.05) is 13.8 Å². The fourth-order valence-corrected chi connectivity index (χ4v) is 4.81. The Balaban J connectivity index is 1.96. The molecule has 3 aromatic rings. The Bertz CT molecular complexity index is 1270. The van der Waals surface area contributed by atoms with Crippen LogP contribution >= 0.6 is 0 Å². The van der Waals surface area contributed by atoms with Gasteiger partial charge >= 0.3 is 0 Å². The van der Waals surface area contributed by atoms with E-state index in [-0.39, 0.29) is 22.5 Å². The van der Waals surface area contributed by atoms with E-state index >= 15 is 0 Å². The summed E-state index contributed by atoms with van der Waals surface area (Å²) in [5.41, 5.74) is 0.726. The van der Waals surface area contributed by atoms with Crippen molar-refractivity contribution in [2.24, 2.45) is 0 Å². The van der Waals surface area contributed by atoms with Gasteiger partial charge in [-0.25, -0.2) is 22.5 Å². The number of ether oxygens (including phenoxy) is 1. The summed E-state index contributed by atoms with van der Waals surface area (Å²) in [5.74, 6) is -0.425. The van der Waals surface area contributed by atoms with E-state index in [9.17, 15) is 17.6 Å². The SMILES string of the molecule is CCN(CC)S(=O)(=O)c1ccc(OC(C)C)c(NC(=O)c2nc(C)n(-c3ccc(F)cc3)n2)c1. The topological polar surface area (TPSA) is 106 Å². The van der Waals surface area contributed by atoms with Crippen LogP contribution in [0.25, 0.3) is 5.69 Å². The standard InChI is InChI=1S/C23H28FN5O4S/c1-6-28(7-2)34(31,32)19-12-13-21(33-15(3)4)20(14-19)26-23(30)22-25-16(5)29(27-22)18-10-8-17(24)9-11-18/h8-15H,6-7H2,1-5H3,(H,26,30). The van der Waals surface area contributed by atoms with Crippen LogP contribution in [0, 0.1) is 12.7 Å². The van der Waals surface area contributed by atoms with Crippen molar-refractivity contribution in [3.8, 4) is 11.4 Å². The molecule has 2 aromatic carbocycles. The minimum absolute atomic E-state index is 0.0311. The second kappa shape index (κ2) is 10.3. The van der Waals surface area contributed by atoms with Crippen LogP contribution in [0.15, 0.2) is 47.4 Å². The highest BCUT2D eigenvalue weighted by molar-refractivity contribution is 7.89. The van der Waals surface area contributed by atoms with E-state index in [2.05, 4.69) is 15.4 Å². The van der Waals surface area contributed by atoms with Crippen LogP contribution in [-0.2, 0) is 10.0 Å². The zero-order valence-corrected chi connectivity index (χ0v) is 20.6. The predicted octanol–water partition coefficient (Wildman–Crippen LogP) is 3.78. The largest absolute Gasteiger partial charge is 0.489 e. The van der Waals surface area contributed by atoms with Gasteiger partial charge in [0.1, 0.15) is 17.4 Å². The third kappa shape index (κ3) is 5.42. The lowest BCUT2D eigenvalue weighted by Gasteiger charge is -2.20. The molecule has 0 fully saturated rings. The normalized spacial score (nSPS) is 11.8. The van der Waals surface area contributed by atoms with Gasteiger partial charge < -0.3 is 10.1 Å². The quantitative estimate of drug-likeness (QED) is 0.490. The number of sulfonamides is 1. The van der Waals surface area contributed by atoms with Crippen molar-refractivity contribution in [2.45, 2.75) is 45.6 Å². The molecule has 0 aliphatic heterocycles. The Hall–Kier alpha value is -3.31. The molecule has 34 heavy (non-hydrogen) atoms. The van der Waals surface area contributed by atoms with E-state index in [4.69, 9.17) is 4.74 Å². The molecule has 1 aromatic heterocycles. The van der Waals surface area contributed by atoms with Crippen LogP contribution in [0.2, 0.25) is 0 Å². The van der Waals surface area contributed by atoms with Crippen LogP contribution in [0.5, 0.6) is 5.75 Å². The highest BCUT2D eigenvalue weighted by Crippen LogP contribution is 2.30. The van der Waals surface area contributed by atoms with Crippen LogP contribution in [0.3, 0.4) is 0 Å². The molecule has 1 heterocycles. The first-order valence-electron chi connectivity index (χ1n) is 10.9. The molecule has 1 N–H and O–H groups in total. The molecule has 9 nitrogen and oxygen atoms in total. The Morgan fingerprint density at radius 3 is 2.38 bits per heavy atom. The molecule has 0 radical (unpaired) electrons. The van der Waals surface area contributed by atoms with Gasteiger partial charge in [0.25, 0.3) is 5.91 Å². The molecule has 0 unspecified atom stereocenters. The molecule has 182 valence electrons. The van der Waals surface area contributed by atoms with E-state index in [1.54, 1.807) is 20.8 Å². The third-order valence-corrected chi connectivity index (χ3v) is 6.99. The minimum atomic E-state index is -3.75. The molecular formula is C23H28FN5O4S. The number of rotatable bonds is 9. The first-order valence-corrected chi connectivity index (χ1v) is 12.3. The van der Waals surface area contributed by atoms with Gasteiger partial charge in [0.15, 0.2) is 0 Å². The number of halogens is 1. The molecule has 0 aliphatic carbocycles. The number of hydrogen-bond acceptors (Lipinski definition) is 6. The summed E-state index contributed by atoms with van der Waals surface area (Å²) in [5, 5.41) is 6.90. The van der Waals surface area contributed by atoms with Gasteiger partial charge in [-0.3, -0.25) is 4.79 Å². The van der Waals surface area contributed by atoms with Gasteiger partial charge in [0.05, 0.1) is 22.4 Å². The van der Waals surface area contributed by atoms with Crippen molar-refractivity contribution in [3.05, 3.63) is 59.9 Å². The molecule has 0 saturated heterocycles. The number of nitrogens with one attached hydrogen (secondary N) is 1. The maximum atomic E-state index is 13.3. The van der Waals surface area contributed by atoms with E-state index in [1.165, 1.54) is 51.5 Å². The molecule has 0 saturated carbocycles. The van der Waals surface area contributed by atoms with E-state index in [0.29, 0.717) is 30.4 Å². The zero-order chi connectivity index (χ0) is 25.0. The Morgan fingerprint density at radius 1 is 1.15 bits per heavy atom. The van der Waals surface area contributed by atoms with E-state index < -0.39 is 21.7 Å². The molecule has 11 heteroatoms. The Morgan fingerprint density at radius 2 is 1.79 bits per heavy atom. The molecule has 0 spiro atoms. The molecule has 3 rings (SSSR count). The van der Waals surface area contributed by atoms with E-state index in [1.807, 2.05) is 13.8 Å².